The van der Waals surface area contributed by atoms with Gasteiger partial charge >= 0.3 is 0 Å². The Morgan fingerprint density at radius 1 is 1.38 bits per heavy atom. The van der Waals surface area contributed by atoms with Crippen molar-refractivity contribution in [2.24, 2.45) is 0 Å². The zero-order valence-corrected chi connectivity index (χ0v) is 10.6. The Morgan fingerprint density at radius 3 is 2.81 bits per heavy atom. The van der Waals surface area contributed by atoms with Crippen LogP contribution in [0.2, 0.25) is 0 Å². The monoisotopic (exact) mass is 283 g/mol. The maximum absolute atomic E-state index is 11.7. The summed E-state index contributed by atoms with van der Waals surface area (Å²) < 4.78 is 6.40. The first-order valence-electron chi connectivity index (χ1n) is 5.42. The third kappa shape index (κ3) is 2.98. The van der Waals surface area contributed by atoms with Gasteiger partial charge < -0.3 is 9.64 Å². The van der Waals surface area contributed by atoms with E-state index < -0.39 is 0 Å². The first kappa shape index (κ1) is 11.5. The van der Waals surface area contributed by atoms with Gasteiger partial charge in [-0.1, -0.05) is 22.0 Å². The van der Waals surface area contributed by atoms with Gasteiger partial charge in [0.05, 0.1) is 0 Å². The van der Waals surface area contributed by atoms with Crippen LogP contribution in [-0.4, -0.2) is 30.5 Å². The lowest BCUT2D eigenvalue weighted by atomic mass is 10.3. The van der Waals surface area contributed by atoms with Crippen LogP contribution in [0.3, 0.4) is 0 Å². The van der Waals surface area contributed by atoms with Crippen molar-refractivity contribution in [3.05, 3.63) is 28.7 Å². The molecule has 1 aromatic carbocycles. The summed E-state index contributed by atoms with van der Waals surface area (Å²) >= 11 is 3.36. The molecular weight excluding hydrogens is 270 g/mol. The highest BCUT2D eigenvalue weighted by Gasteiger charge is 2.17. The van der Waals surface area contributed by atoms with E-state index in [0.717, 1.165) is 36.2 Å². The molecule has 1 heterocycles. The van der Waals surface area contributed by atoms with Crippen molar-refractivity contribution in [3.8, 4) is 5.75 Å². The van der Waals surface area contributed by atoms with E-state index in [1.807, 2.05) is 29.2 Å². The molecule has 86 valence electrons. The fourth-order valence-corrected chi connectivity index (χ4v) is 2.14. The Labute approximate surface area is 104 Å². The lowest BCUT2D eigenvalue weighted by Gasteiger charge is -2.15. The van der Waals surface area contributed by atoms with Crippen LogP contribution in [0, 0.1) is 0 Å². The second-order valence-corrected chi connectivity index (χ2v) is 4.75. The van der Waals surface area contributed by atoms with E-state index in [4.69, 9.17) is 4.74 Å². The molecule has 1 saturated heterocycles. The highest BCUT2D eigenvalue weighted by molar-refractivity contribution is 9.10. The van der Waals surface area contributed by atoms with Crippen molar-refractivity contribution in [2.75, 3.05) is 19.7 Å². The minimum absolute atomic E-state index is 0.0810. The Hall–Kier alpha value is -1.03. The van der Waals surface area contributed by atoms with Gasteiger partial charge in [-0.3, -0.25) is 4.79 Å². The van der Waals surface area contributed by atoms with Crippen molar-refractivity contribution < 1.29 is 9.53 Å². The molecule has 0 spiro atoms. The molecule has 0 atom stereocenters. The van der Waals surface area contributed by atoms with Gasteiger partial charge in [0.25, 0.3) is 5.91 Å². The van der Waals surface area contributed by atoms with E-state index >= 15 is 0 Å². The number of ether oxygens (including phenoxy) is 1. The molecule has 0 radical (unpaired) electrons. The van der Waals surface area contributed by atoms with E-state index in [-0.39, 0.29) is 12.5 Å². The summed E-state index contributed by atoms with van der Waals surface area (Å²) in [5.41, 5.74) is 0. The molecule has 1 aliphatic rings. The largest absolute Gasteiger partial charge is 0.484 e. The molecule has 0 unspecified atom stereocenters. The molecular formula is C12H14BrNO2. The third-order valence-corrected chi connectivity index (χ3v) is 3.11. The molecule has 1 amide bonds. The lowest BCUT2D eigenvalue weighted by Crippen LogP contribution is -2.32. The molecule has 0 aromatic heterocycles. The summed E-state index contributed by atoms with van der Waals surface area (Å²) in [4.78, 5) is 13.6. The minimum Gasteiger partial charge on any atom is -0.484 e. The van der Waals surface area contributed by atoms with E-state index in [0.29, 0.717) is 0 Å². The Morgan fingerprint density at radius 2 is 2.12 bits per heavy atom. The summed E-state index contributed by atoms with van der Waals surface area (Å²) in [6.45, 7) is 1.89. The molecule has 0 aliphatic carbocycles. The summed E-state index contributed by atoms with van der Waals surface area (Å²) in [5, 5.41) is 0. The van der Waals surface area contributed by atoms with Crippen molar-refractivity contribution >= 4 is 21.8 Å². The highest BCUT2D eigenvalue weighted by Crippen LogP contribution is 2.18. The minimum atomic E-state index is 0.0810. The standard InChI is InChI=1S/C12H14BrNO2/c13-10-4-3-5-11(8-10)16-9-12(15)14-6-1-2-7-14/h3-5,8H,1-2,6-7,9H2. The van der Waals surface area contributed by atoms with Crippen LogP contribution in [-0.2, 0) is 4.79 Å². The number of rotatable bonds is 3. The van der Waals surface area contributed by atoms with Crippen LogP contribution in [0.5, 0.6) is 5.75 Å². The van der Waals surface area contributed by atoms with Crippen LogP contribution in [0.25, 0.3) is 0 Å². The van der Waals surface area contributed by atoms with Gasteiger partial charge in [0.15, 0.2) is 6.61 Å². The maximum Gasteiger partial charge on any atom is 0.260 e. The zero-order chi connectivity index (χ0) is 11.4. The Kier molecular flexibility index (Phi) is 3.83. The fourth-order valence-electron chi connectivity index (χ4n) is 1.76. The number of halogens is 1. The van der Waals surface area contributed by atoms with Gasteiger partial charge in [0, 0.05) is 17.6 Å². The molecule has 0 N–H and O–H groups in total. The molecule has 2 rings (SSSR count). The Balaban J connectivity index is 1.84. The van der Waals surface area contributed by atoms with Crippen LogP contribution in [0.1, 0.15) is 12.8 Å². The SMILES string of the molecule is O=C(COc1cccc(Br)c1)N1CCCC1. The van der Waals surface area contributed by atoms with E-state index in [1.165, 1.54) is 0 Å². The van der Waals surface area contributed by atoms with Gasteiger partial charge in [-0.25, -0.2) is 0 Å². The van der Waals surface area contributed by atoms with Crippen molar-refractivity contribution in [3.63, 3.8) is 0 Å². The number of benzene rings is 1. The highest BCUT2D eigenvalue weighted by atomic mass is 79.9. The van der Waals surface area contributed by atoms with Crippen LogP contribution in [0.4, 0.5) is 0 Å². The van der Waals surface area contributed by atoms with Crippen LogP contribution < -0.4 is 4.74 Å². The van der Waals surface area contributed by atoms with Crippen molar-refractivity contribution in [2.45, 2.75) is 12.8 Å². The van der Waals surface area contributed by atoms with Gasteiger partial charge in [-0.15, -0.1) is 0 Å². The smallest absolute Gasteiger partial charge is 0.260 e. The number of amides is 1. The summed E-state index contributed by atoms with van der Waals surface area (Å²) in [6.07, 6.45) is 2.23. The molecule has 1 aliphatic heterocycles. The number of hydrogen-bond donors (Lipinski definition) is 0. The first-order chi connectivity index (χ1) is 7.75. The fraction of sp³-hybridized carbons (Fsp3) is 0.417. The van der Waals surface area contributed by atoms with E-state index in [9.17, 15) is 4.79 Å². The normalized spacial score (nSPS) is 15.2. The predicted molar refractivity (Wildman–Crippen MR) is 65.5 cm³/mol. The van der Waals surface area contributed by atoms with Gasteiger partial charge in [0.1, 0.15) is 5.75 Å². The second kappa shape index (κ2) is 5.34. The predicted octanol–water partition coefficient (Wildman–Crippen LogP) is 2.45. The van der Waals surface area contributed by atoms with Crippen LogP contribution >= 0.6 is 15.9 Å². The zero-order valence-electron chi connectivity index (χ0n) is 8.99. The number of carbonyl (C=O) groups is 1. The number of nitrogens with zero attached hydrogens (tertiary/aromatic N) is 1. The van der Waals surface area contributed by atoms with E-state index in [2.05, 4.69) is 15.9 Å². The molecule has 0 saturated carbocycles. The number of hydrogen-bond acceptors (Lipinski definition) is 2. The first-order valence-corrected chi connectivity index (χ1v) is 6.21. The number of carbonyl (C=O) groups excluding carboxylic acids is 1. The van der Waals surface area contributed by atoms with Crippen LogP contribution in [0.15, 0.2) is 28.7 Å². The summed E-state index contributed by atoms with van der Waals surface area (Å²) in [7, 11) is 0. The quantitative estimate of drug-likeness (QED) is 0.853. The average molecular weight is 284 g/mol. The van der Waals surface area contributed by atoms with Crippen molar-refractivity contribution in [1.82, 2.24) is 4.90 Å². The average Bonchev–Trinajstić information content (AvgIpc) is 2.79. The van der Waals surface area contributed by atoms with Gasteiger partial charge in [-0.05, 0) is 31.0 Å². The van der Waals surface area contributed by atoms with Crippen molar-refractivity contribution in [1.29, 1.82) is 0 Å². The molecule has 3 nitrogen and oxygen atoms in total. The molecule has 1 fully saturated rings. The maximum atomic E-state index is 11.7. The topological polar surface area (TPSA) is 29.5 Å². The Bertz CT molecular complexity index is 375. The van der Waals surface area contributed by atoms with Gasteiger partial charge in [0.2, 0.25) is 0 Å². The molecule has 1 aromatic rings. The second-order valence-electron chi connectivity index (χ2n) is 3.83. The van der Waals surface area contributed by atoms with Gasteiger partial charge in [-0.2, -0.15) is 0 Å². The summed E-state index contributed by atoms with van der Waals surface area (Å²) in [6, 6.07) is 7.52. The third-order valence-electron chi connectivity index (χ3n) is 2.62. The lowest BCUT2D eigenvalue weighted by molar-refractivity contribution is -0.132. The molecule has 0 bridgehead atoms. The number of likely N-dealkylation sites (tertiary alicyclic amines) is 1. The molecule has 4 heteroatoms. The summed E-state index contributed by atoms with van der Waals surface area (Å²) in [5.74, 6) is 0.805. The van der Waals surface area contributed by atoms with E-state index in [1.54, 1.807) is 0 Å². The molecule has 16 heavy (non-hydrogen) atoms.